The van der Waals surface area contributed by atoms with E-state index in [4.69, 9.17) is 9.78 Å². The van der Waals surface area contributed by atoms with E-state index in [0.717, 1.165) is 29.0 Å². The largest absolute Gasteiger partial charge is 0.361 e. The second kappa shape index (κ2) is 6.13. The number of carbonyl (C=O) groups is 1. The first-order valence-corrected chi connectivity index (χ1v) is 7.57. The number of hydrogen-bond acceptors (Lipinski definition) is 5. The first-order valence-electron chi connectivity index (χ1n) is 7.57. The van der Waals surface area contributed by atoms with Crippen LogP contribution >= 0.6 is 0 Å². The Kier molecular flexibility index (Phi) is 4.02. The fourth-order valence-electron chi connectivity index (χ4n) is 2.92. The van der Waals surface area contributed by atoms with E-state index in [-0.39, 0.29) is 11.9 Å². The van der Waals surface area contributed by atoms with Gasteiger partial charge in [0.2, 0.25) is 0 Å². The van der Waals surface area contributed by atoms with E-state index in [0.29, 0.717) is 18.7 Å². The molecule has 1 aromatic heterocycles. The van der Waals surface area contributed by atoms with Gasteiger partial charge in [-0.2, -0.15) is 5.26 Å². The number of benzene rings is 1. The maximum atomic E-state index is 12.3. The van der Waals surface area contributed by atoms with E-state index >= 15 is 0 Å². The fourth-order valence-corrected chi connectivity index (χ4v) is 2.92. The molecule has 0 spiro atoms. The molecule has 6 nitrogen and oxygen atoms in total. The van der Waals surface area contributed by atoms with Crippen molar-refractivity contribution in [1.82, 2.24) is 15.4 Å². The maximum Gasteiger partial charge on any atom is 0.251 e. The van der Waals surface area contributed by atoms with Crippen molar-refractivity contribution in [2.24, 2.45) is 0 Å². The molecule has 1 amide bonds. The first kappa shape index (κ1) is 15.1. The standard InChI is InChI=1S/C17H18N4O2/c1-11-16(12(2)23-20-11)13-3-5-14(6-4-13)17(22)19-15-7-8-21(9-15)10-18/h3-6,15H,7-9H2,1-2H3,(H,19,22). The third-order valence-electron chi connectivity index (χ3n) is 4.13. The molecule has 0 bridgehead atoms. The number of hydrogen-bond donors (Lipinski definition) is 1. The van der Waals surface area contributed by atoms with Crippen LogP contribution in [-0.4, -0.2) is 35.1 Å². The molecule has 0 aliphatic carbocycles. The summed E-state index contributed by atoms with van der Waals surface area (Å²) in [6.45, 7) is 5.05. The molecular formula is C17H18N4O2. The zero-order valence-electron chi connectivity index (χ0n) is 13.2. The third-order valence-corrected chi connectivity index (χ3v) is 4.13. The molecule has 0 saturated carbocycles. The van der Waals surface area contributed by atoms with Gasteiger partial charge in [0.05, 0.1) is 5.69 Å². The Balaban J connectivity index is 1.70. The van der Waals surface area contributed by atoms with Gasteiger partial charge in [0.25, 0.3) is 5.91 Å². The number of carbonyl (C=O) groups excluding carboxylic acids is 1. The SMILES string of the molecule is Cc1noc(C)c1-c1ccc(C(=O)NC2CCN(C#N)C2)cc1. The van der Waals surface area contributed by atoms with Crippen molar-refractivity contribution >= 4 is 5.91 Å². The molecule has 6 heteroatoms. The molecule has 2 aromatic rings. The molecule has 1 saturated heterocycles. The van der Waals surface area contributed by atoms with Crippen LogP contribution in [0, 0.1) is 25.3 Å². The van der Waals surface area contributed by atoms with Gasteiger partial charge >= 0.3 is 0 Å². The molecule has 2 heterocycles. The smallest absolute Gasteiger partial charge is 0.251 e. The van der Waals surface area contributed by atoms with Crippen LogP contribution in [0.4, 0.5) is 0 Å². The minimum absolute atomic E-state index is 0.0318. The predicted octanol–water partition coefficient (Wildman–Crippen LogP) is 2.24. The first-order chi connectivity index (χ1) is 11.1. The minimum Gasteiger partial charge on any atom is -0.361 e. The van der Waals surface area contributed by atoms with Crippen molar-refractivity contribution in [3.63, 3.8) is 0 Å². The highest BCUT2D eigenvalue weighted by molar-refractivity contribution is 5.95. The van der Waals surface area contributed by atoms with Gasteiger partial charge in [-0.3, -0.25) is 4.79 Å². The molecule has 118 valence electrons. The fraction of sp³-hybridized carbons (Fsp3) is 0.353. The molecule has 1 aromatic carbocycles. The Morgan fingerprint density at radius 3 is 2.70 bits per heavy atom. The van der Waals surface area contributed by atoms with Crippen molar-refractivity contribution in [3.05, 3.63) is 41.3 Å². The van der Waals surface area contributed by atoms with Crippen LogP contribution in [0.5, 0.6) is 0 Å². The zero-order chi connectivity index (χ0) is 16.4. The van der Waals surface area contributed by atoms with Crippen LogP contribution in [0.3, 0.4) is 0 Å². The summed E-state index contributed by atoms with van der Waals surface area (Å²) in [5, 5.41) is 15.8. The summed E-state index contributed by atoms with van der Waals surface area (Å²) in [6, 6.07) is 7.43. The van der Waals surface area contributed by atoms with Crippen molar-refractivity contribution in [1.29, 1.82) is 5.26 Å². The molecule has 1 aliphatic rings. The number of nitrogens with one attached hydrogen (secondary N) is 1. The summed E-state index contributed by atoms with van der Waals surface area (Å²) in [4.78, 5) is 13.9. The highest BCUT2D eigenvalue weighted by Crippen LogP contribution is 2.26. The second-order valence-corrected chi connectivity index (χ2v) is 5.78. The van der Waals surface area contributed by atoms with E-state index in [1.54, 1.807) is 17.0 Å². The Morgan fingerprint density at radius 1 is 1.39 bits per heavy atom. The van der Waals surface area contributed by atoms with Gasteiger partial charge in [-0.15, -0.1) is 0 Å². The van der Waals surface area contributed by atoms with Crippen LogP contribution in [0.25, 0.3) is 11.1 Å². The Bertz CT molecular complexity index is 738. The van der Waals surface area contributed by atoms with Crippen molar-refractivity contribution in [2.75, 3.05) is 13.1 Å². The molecule has 1 unspecified atom stereocenters. The number of rotatable bonds is 3. The van der Waals surface area contributed by atoms with Crippen molar-refractivity contribution < 1.29 is 9.32 Å². The van der Waals surface area contributed by atoms with Gasteiger partial charge in [-0.1, -0.05) is 17.3 Å². The molecule has 1 fully saturated rings. The number of nitrogens with zero attached hydrogens (tertiary/aromatic N) is 3. The minimum atomic E-state index is -0.111. The van der Waals surface area contributed by atoms with E-state index < -0.39 is 0 Å². The molecule has 1 atom stereocenters. The van der Waals surface area contributed by atoms with Crippen LogP contribution in [0.1, 0.15) is 28.2 Å². The molecule has 1 aliphatic heterocycles. The van der Waals surface area contributed by atoms with Crippen LogP contribution in [0.15, 0.2) is 28.8 Å². The van der Waals surface area contributed by atoms with Gasteiger partial charge in [-0.25, -0.2) is 0 Å². The van der Waals surface area contributed by atoms with Gasteiger partial charge in [0, 0.05) is 30.3 Å². The lowest BCUT2D eigenvalue weighted by atomic mass is 10.0. The average molecular weight is 310 g/mol. The second-order valence-electron chi connectivity index (χ2n) is 5.78. The summed E-state index contributed by atoms with van der Waals surface area (Å²) >= 11 is 0. The number of aromatic nitrogens is 1. The number of nitriles is 1. The summed E-state index contributed by atoms with van der Waals surface area (Å²) in [7, 11) is 0. The van der Waals surface area contributed by atoms with E-state index in [1.807, 2.05) is 26.0 Å². The summed E-state index contributed by atoms with van der Waals surface area (Å²) in [6.07, 6.45) is 2.91. The van der Waals surface area contributed by atoms with E-state index in [1.165, 1.54) is 0 Å². The van der Waals surface area contributed by atoms with Crippen molar-refractivity contribution in [2.45, 2.75) is 26.3 Å². The number of aryl methyl sites for hydroxylation is 2. The van der Waals surface area contributed by atoms with E-state index in [9.17, 15) is 4.79 Å². The molecule has 1 N–H and O–H groups in total. The molecular weight excluding hydrogens is 292 g/mol. The van der Waals surface area contributed by atoms with Crippen LogP contribution < -0.4 is 5.32 Å². The van der Waals surface area contributed by atoms with Gasteiger partial charge < -0.3 is 14.7 Å². The monoisotopic (exact) mass is 310 g/mol. The Hall–Kier alpha value is -2.81. The maximum absolute atomic E-state index is 12.3. The molecule has 0 radical (unpaired) electrons. The summed E-state index contributed by atoms with van der Waals surface area (Å²) < 4.78 is 5.18. The average Bonchev–Trinajstić information content (AvgIpc) is 3.14. The lowest BCUT2D eigenvalue weighted by Crippen LogP contribution is -2.36. The highest BCUT2D eigenvalue weighted by atomic mass is 16.5. The molecule has 3 rings (SSSR count). The Labute approximate surface area is 134 Å². The predicted molar refractivity (Wildman–Crippen MR) is 84.5 cm³/mol. The summed E-state index contributed by atoms with van der Waals surface area (Å²) in [5.74, 6) is 0.655. The van der Waals surface area contributed by atoms with Crippen LogP contribution in [-0.2, 0) is 0 Å². The number of likely N-dealkylation sites (tertiary alicyclic amines) is 1. The lowest BCUT2D eigenvalue weighted by molar-refractivity contribution is 0.0939. The lowest BCUT2D eigenvalue weighted by Gasteiger charge is -2.12. The quantitative estimate of drug-likeness (QED) is 0.879. The van der Waals surface area contributed by atoms with Gasteiger partial charge in [-0.05, 0) is 38.0 Å². The summed E-state index contributed by atoms with van der Waals surface area (Å²) in [5.41, 5.74) is 3.39. The van der Waals surface area contributed by atoms with Gasteiger partial charge in [0.15, 0.2) is 6.19 Å². The zero-order valence-corrected chi connectivity index (χ0v) is 13.2. The Morgan fingerprint density at radius 2 is 2.13 bits per heavy atom. The molecule has 23 heavy (non-hydrogen) atoms. The highest BCUT2D eigenvalue weighted by Gasteiger charge is 2.23. The van der Waals surface area contributed by atoms with Gasteiger partial charge in [0.1, 0.15) is 5.76 Å². The van der Waals surface area contributed by atoms with Crippen LogP contribution in [0.2, 0.25) is 0 Å². The normalized spacial score (nSPS) is 17.1. The van der Waals surface area contributed by atoms with Crippen molar-refractivity contribution in [3.8, 4) is 17.3 Å². The van der Waals surface area contributed by atoms with E-state index in [2.05, 4.69) is 16.7 Å². The number of amides is 1. The third kappa shape index (κ3) is 3.04. The topological polar surface area (TPSA) is 82.2 Å².